The number of nitrogen functional groups attached to an aromatic ring is 1. The van der Waals surface area contributed by atoms with E-state index in [0.717, 1.165) is 18.8 Å². The molecule has 1 aliphatic heterocycles. The van der Waals surface area contributed by atoms with Crippen molar-refractivity contribution in [2.24, 2.45) is 0 Å². The van der Waals surface area contributed by atoms with E-state index in [-0.39, 0.29) is 0 Å². The largest absolute Gasteiger partial charge is 0.393 e. The Morgan fingerprint density at radius 2 is 1.84 bits per heavy atom. The number of aromatic nitrogens is 2. The van der Waals surface area contributed by atoms with Crippen molar-refractivity contribution in [3.8, 4) is 0 Å². The highest BCUT2D eigenvalue weighted by Gasteiger charge is 2.12. The second-order valence-electron chi connectivity index (χ2n) is 6.69. The molecule has 1 fully saturated rings. The standard InChI is InChI=1S/C19H28N6/c1-14-7-6-8-16(15(14)2)24-19-17(20)18(22-13-23-19)21-9-12-25-10-4-3-5-11-25/h6-8,13H,3-5,9-12,20H2,1-2H3,(H2,21,22,23,24). The van der Waals surface area contributed by atoms with Gasteiger partial charge in [0.25, 0.3) is 0 Å². The lowest BCUT2D eigenvalue weighted by Gasteiger charge is -2.26. The van der Waals surface area contributed by atoms with Gasteiger partial charge in [-0.15, -0.1) is 0 Å². The Morgan fingerprint density at radius 3 is 2.64 bits per heavy atom. The maximum absolute atomic E-state index is 6.27. The lowest BCUT2D eigenvalue weighted by atomic mass is 10.1. The minimum absolute atomic E-state index is 0.557. The number of nitrogens with two attached hydrogens (primary N) is 1. The second-order valence-corrected chi connectivity index (χ2v) is 6.69. The van der Waals surface area contributed by atoms with Crippen molar-refractivity contribution in [3.63, 3.8) is 0 Å². The van der Waals surface area contributed by atoms with Gasteiger partial charge in [0, 0.05) is 18.8 Å². The summed E-state index contributed by atoms with van der Waals surface area (Å²) in [7, 11) is 0. The zero-order valence-electron chi connectivity index (χ0n) is 15.2. The molecule has 1 aliphatic rings. The molecule has 1 aromatic carbocycles. The summed E-state index contributed by atoms with van der Waals surface area (Å²) in [6.07, 6.45) is 5.52. The molecule has 2 heterocycles. The van der Waals surface area contributed by atoms with E-state index >= 15 is 0 Å². The first kappa shape index (κ1) is 17.5. The van der Waals surface area contributed by atoms with Crippen LogP contribution in [0.1, 0.15) is 30.4 Å². The van der Waals surface area contributed by atoms with E-state index in [0.29, 0.717) is 17.3 Å². The first-order chi connectivity index (χ1) is 12.1. The van der Waals surface area contributed by atoms with Crippen molar-refractivity contribution < 1.29 is 0 Å². The maximum Gasteiger partial charge on any atom is 0.159 e. The molecule has 25 heavy (non-hydrogen) atoms. The Balaban J connectivity index is 1.64. The Hall–Kier alpha value is -2.34. The summed E-state index contributed by atoms with van der Waals surface area (Å²) in [6, 6.07) is 6.16. The zero-order chi connectivity index (χ0) is 17.6. The third-order valence-electron chi connectivity index (χ3n) is 4.91. The first-order valence-corrected chi connectivity index (χ1v) is 9.05. The number of rotatable bonds is 6. The van der Waals surface area contributed by atoms with Crippen LogP contribution in [-0.4, -0.2) is 41.0 Å². The van der Waals surface area contributed by atoms with Crippen molar-refractivity contribution >= 4 is 23.0 Å². The fraction of sp³-hybridized carbons (Fsp3) is 0.474. The molecule has 0 amide bonds. The highest BCUT2D eigenvalue weighted by atomic mass is 15.2. The van der Waals surface area contributed by atoms with E-state index in [1.165, 1.54) is 43.5 Å². The number of anilines is 4. The van der Waals surface area contributed by atoms with Gasteiger partial charge in [-0.2, -0.15) is 0 Å². The lowest BCUT2D eigenvalue weighted by molar-refractivity contribution is 0.237. The molecule has 0 aliphatic carbocycles. The highest BCUT2D eigenvalue weighted by Crippen LogP contribution is 2.28. The molecule has 4 N–H and O–H groups in total. The van der Waals surface area contributed by atoms with Gasteiger partial charge in [-0.3, -0.25) is 0 Å². The second kappa shape index (κ2) is 8.16. The van der Waals surface area contributed by atoms with Gasteiger partial charge in [0.15, 0.2) is 11.6 Å². The van der Waals surface area contributed by atoms with E-state index in [2.05, 4.69) is 45.4 Å². The van der Waals surface area contributed by atoms with Crippen molar-refractivity contribution in [3.05, 3.63) is 35.7 Å². The summed E-state index contributed by atoms with van der Waals surface area (Å²) in [6.45, 7) is 8.43. The fourth-order valence-electron chi connectivity index (χ4n) is 3.17. The van der Waals surface area contributed by atoms with E-state index in [1.807, 2.05) is 12.1 Å². The van der Waals surface area contributed by atoms with E-state index < -0.39 is 0 Å². The smallest absolute Gasteiger partial charge is 0.159 e. The van der Waals surface area contributed by atoms with E-state index in [4.69, 9.17) is 5.73 Å². The fourth-order valence-corrected chi connectivity index (χ4v) is 3.17. The minimum Gasteiger partial charge on any atom is -0.393 e. The Morgan fingerprint density at radius 1 is 1.08 bits per heavy atom. The molecule has 3 rings (SSSR count). The van der Waals surface area contributed by atoms with E-state index in [9.17, 15) is 0 Å². The van der Waals surface area contributed by atoms with Crippen molar-refractivity contribution in [2.75, 3.05) is 42.5 Å². The summed E-state index contributed by atoms with van der Waals surface area (Å²) < 4.78 is 0. The number of piperidine rings is 1. The number of aryl methyl sites for hydroxylation is 1. The summed E-state index contributed by atoms with van der Waals surface area (Å²) in [5, 5.41) is 6.69. The number of nitrogens with one attached hydrogen (secondary N) is 2. The van der Waals surface area contributed by atoms with Gasteiger partial charge >= 0.3 is 0 Å². The number of likely N-dealkylation sites (tertiary alicyclic amines) is 1. The molecule has 0 saturated carbocycles. The predicted molar refractivity (Wildman–Crippen MR) is 104 cm³/mol. The third kappa shape index (κ3) is 4.39. The van der Waals surface area contributed by atoms with Gasteiger partial charge in [-0.25, -0.2) is 9.97 Å². The number of hydrogen-bond donors (Lipinski definition) is 3. The first-order valence-electron chi connectivity index (χ1n) is 9.05. The van der Waals surface area contributed by atoms with Crippen molar-refractivity contribution in [2.45, 2.75) is 33.1 Å². The molecule has 1 aromatic heterocycles. The van der Waals surface area contributed by atoms with Crippen LogP contribution in [0.4, 0.5) is 23.0 Å². The molecule has 0 bridgehead atoms. The molecule has 0 atom stereocenters. The van der Waals surface area contributed by atoms with Crippen LogP contribution in [0.25, 0.3) is 0 Å². The average molecular weight is 340 g/mol. The lowest BCUT2D eigenvalue weighted by Crippen LogP contribution is -2.33. The summed E-state index contributed by atoms with van der Waals surface area (Å²) in [4.78, 5) is 11.1. The quantitative estimate of drug-likeness (QED) is 0.749. The molecule has 0 radical (unpaired) electrons. The van der Waals surface area contributed by atoms with Gasteiger partial charge in [-0.1, -0.05) is 18.6 Å². The van der Waals surface area contributed by atoms with Gasteiger partial charge in [0.05, 0.1) is 0 Å². The molecule has 6 nitrogen and oxygen atoms in total. The van der Waals surface area contributed by atoms with Crippen LogP contribution in [-0.2, 0) is 0 Å². The molecule has 0 unspecified atom stereocenters. The third-order valence-corrected chi connectivity index (χ3v) is 4.91. The van der Waals surface area contributed by atoms with Crippen molar-refractivity contribution in [1.82, 2.24) is 14.9 Å². The topological polar surface area (TPSA) is 79.1 Å². The molecule has 2 aromatic rings. The molecular formula is C19H28N6. The monoisotopic (exact) mass is 340 g/mol. The van der Waals surface area contributed by atoms with Gasteiger partial charge < -0.3 is 21.3 Å². The molecule has 1 saturated heterocycles. The van der Waals surface area contributed by atoms with Crippen LogP contribution in [0.15, 0.2) is 24.5 Å². The van der Waals surface area contributed by atoms with Gasteiger partial charge in [0.2, 0.25) is 0 Å². The van der Waals surface area contributed by atoms with Gasteiger partial charge in [0.1, 0.15) is 12.0 Å². The number of benzene rings is 1. The van der Waals surface area contributed by atoms with Crippen molar-refractivity contribution in [1.29, 1.82) is 0 Å². The molecular weight excluding hydrogens is 312 g/mol. The summed E-state index contributed by atoms with van der Waals surface area (Å²) in [5.41, 5.74) is 10.3. The van der Waals surface area contributed by atoms with Crippen LogP contribution in [0, 0.1) is 13.8 Å². The number of nitrogens with zero attached hydrogens (tertiary/aromatic N) is 3. The highest BCUT2D eigenvalue weighted by molar-refractivity contribution is 5.78. The zero-order valence-corrected chi connectivity index (χ0v) is 15.2. The van der Waals surface area contributed by atoms with Crippen LogP contribution in [0.3, 0.4) is 0 Å². The summed E-state index contributed by atoms with van der Waals surface area (Å²) in [5.74, 6) is 1.34. The molecule has 0 spiro atoms. The van der Waals surface area contributed by atoms with Crippen LogP contribution in [0.5, 0.6) is 0 Å². The van der Waals surface area contributed by atoms with Gasteiger partial charge in [-0.05, 0) is 57.0 Å². The van der Waals surface area contributed by atoms with Crippen LogP contribution >= 0.6 is 0 Å². The number of hydrogen-bond acceptors (Lipinski definition) is 6. The Kier molecular flexibility index (Phi) is 5.71. The van der Waals surface area contributed by atoms with Crippen LogP contribution < -0.4 is 16.4 Å². The Bertz CT molecular complexity index is 709. The molecule has 134 valence electrons. The van der Waals surface area contributed by atoms with Crippen LogP contribution in [0.2, 0.25) is 0 Å². The summed E-state index contributed by atoms with van der Waals surface area (Å²) >= 11 is 0. The predicted octanol–water partition coefficient (Wildman–Crippen LogP) is 3.32. The maximum atomic E-state index is 6.27. The van der Waals surface area contributed by atoms with E-state index in [1.54, 1.807) is 6.33 Å². The SMILES string of the molecule is Cc1cccc(Nc2ncnc(NCCN3CCCCC3)c2N)c1C. The molecule has 6 heteroatoms. The Labute approximate surface area is 149 Å². The normalized spacial score (nSPS) is 15.1. The minimum atomic E-state index is 0.557. The average Bonchev–Trinajstić information content (AvgIpc) is 2.63.